The standard InChI is InChI=1S/C15H22ClN3/c1-11-8-18-6-2-3-14(18)10-19(11)9-12-7-13(16)4-5-15(12)17/h4-5,7,11,14H,2-3,6,8-10,17H2,1H3. The molecular weight excluding hydrogens is 258 g/mol. The van der Waals surface area contributed by atoms with Crippen LogP contribution in [0.3, 0.4) is 0 Å². The summed E-state index contributed by atoms with van der Waals surface area (Å²) in [5.41, 5.74) is 8.07. The van der Waals surface area contributed by atoms with Gasteiger partial charge in [0.2, 0.25) is 0 Å². The zero-order valence-corrected chi connectivity index (χ0v) is 12.2. The molecule has 2 fully saturated rings. The van der Waals surface area contributed by atoms with E-state index in [9.17, 15) is 0 Å². The maximum absolute atomic E-state index is 6.08. The van der Waals surface area contributed by atoms with Gasteiger partial charge in [-0.3, -0.25) is 9.80 Å². The molecule has 0 amide bonds. The average molecular weight is 280 g/mol. The van der Waals surface area contributed by atoms with E-state index in [1.165, 1.54) is 25.9 Å². The lowest BCUT2D eigenvalue weighted by molar-refractivity contribution is 0.0542. The van der Waals surface area contributed by atoms with Crippen LogP contribution >= 0.6 is 11.6 Å². The van der Waals surface area contributed by atoms with E-state index >= 15 is 0 Å². The molecule has 104 valence electrons. The minimum atomic E-state index is 0.590. The third-order valence-electron chi connectivity index (χ3n) is 4.54. The number of rotatable bonds is 2. The number of nitrogen functional groups attached to an aromatic ring is 1. The van der Waals surface area contributed by atoms with Crippen molar-refractivity contribution in [1.82, 2.24) is 9.80 Å². The summed E-state index contributed by atoms with van der Waals surface area (Å²) in [5, 5.41) is 0.774. The normalized spacial score (nSPS) is 28.5. The highest BCUT2D eigenvalue weighted by atomic mass is 35.5. The summed E-state index contributed by atoms with van der Waals surface area (Å²) >= 11 is 6.08. The Morgan fingerprint density at radius 1 is 1.37 bits per heavy atom. The molecule has 2 atom stereocenters. The Hall–Kier alpha value is -0.770. The third kappa shape index (κ3) is 2.73. The van der Waals surface area contributed by atoms with Gasteiger partial charge in [0.15, 0.2) is 0 Å². The molecule has 2 N–H and O–H groups in total. The molecule has 3 nitrogen and oxygen atoms in total. The van der Waals surface area contributed by atoms with Gasteiger partial charge in [-0.15, -0.1) is 0 Å². The Bertz CT molecular complexity index is 463. The maximum Gasteiger partial charge on any atom is 0.0410 e. The van der Waals surface area contributed by atoms with Gasteiger partial charge in [-0.05, 0) is 50.1 Å². The third-order valence-corrected chi connectivity index (χ3v) is 4.78. The second kappa shape index (κ2) is 5.31. The van der Waals surface area contributed by atoms with Crippen molar-refractivity contribution in [2.75, 3.05) is 25.4 Å². The average Bonchev–Trinajstić information content (AvgIpc) is 2.81. The number of halogens is 1. The van der Waals surface area contributed by atoms with E-state index < -0.39 is 0 Å². The molecule has 19 heavy (non-hydrogen) atoms. The van der Waals surface area contributed by atoms with Gasteiger partial charge in [0.1, 0.15) is 0 Å². The van der Waals surface area contributed by atoms with Crippen molar-refractivity contribution >= 4 is 17.3 Å². The van der Waals surface area contributed by atoms with Crippen LogP contribution in [0.2, 0.25) is 5.02 Å². The molecule has 2 unspecified atom stereocenters. The van der Waals surface area contributed by atoms with Gasteiger partial charge in [-0.2, -0.15) is 0 Å². The molecular formula is C15H22ClN3. The van der Waals surface area contributed by atoms with Gasteiger partial charge in [0.05, 0.1) is 0 Å². The van der Waals surface area contributed by atoms with Crippen LogP contribution in [0.5, 0.6) is 0 Å². The van der Waals surface area contributed by atoms with Crippen molar-refractivity contribution in [2.24, 2.45) is 0 Å². The molecule has 0 spiro atoms. The van der Waals surface area contributed by atoms with Crippen molar-refractivity contribution in [3.63, 3.8) is 0 Å². The Kier molecular flexibility index (Phi) is 3.70. The lowest BCUT2D eigenvalue weighted by Gasteiger charge is -2.42. The van der Waals surface area contributed by atoms with Gasteiger partial charge < -0.3 is 5.73 Å². The second-order valence-electron chi connectivity index (χ2n) is 5.91. The van der Waals surface area contributed by atoms with Crippen LogP contribution < -0.4 is 5.73 Å². The monoisotopic (exact) mass is 279 g/mol. The molecule has 1 aromatic carbocycles. The highest BCUT2D eigenvalue weighted by Gasteiger charge is 2.34. The molecule has 1 aromatic rings. The lowest BCUT2D eigenvalue weighted by Crippen LogP contribution is -2.54. The first-order valence-corrected chi connectivity index (χ1v) is 7.53. The van der Waals surface area contributed by atoms with Gasteiger partial charge in [0, 0.05) is 42.4 Å². The number of nitrogens with two attached hydrogens (primary N) is 1. The van der Waals surface area contributed by atoms with Gasteiger partial charge in [-0.25, -0.2) is 0 Å². The van der Waals surface area contributed by atoms with Crippen molar-refractivity contribution in [3.05, 3.63) is 28.8 Å². The molecule has 2 saturated heterocycles. The Balaban J connectivity index is 1.73. The van der Waals surface area contributed by atoms with Crippen molar-refractivity contribution in [1.29, 1.82) is 0 Å². The smallest absolute Gasteiger partial charge is 0.0410 e. The fourth-order valence-corrected chi connectivity index (χ4v) is 3.59. The molecule has 3 rings (SSSR count). The summed E-state index contributed by atoms with van der Waals surface area (Å²) in [6.07, 6.45) is 2.69. The van der Waals surface area contributed by atoms with Crippen LogP contribution in [0.1, 0.15) is 25.3 Å². The van der Waals surface area contributed by atoms with E-state index in [0.717, 1.165) is 35.4 Å². The minimum Gasteiger partial charge on any atom is -0.398 e. The zero-order chi connectivity index (χ0) is 13.4. The van der Waals surface area contributed by atoms with Crippen molar-refractivity contribution in [3.8, 4) is 0 Å². The predicted molar refractivity (Wildman–Crippen MR) is 80.3 cm³/mol. The Labute approximate surface area is 120 Å². The summed E-state index contributed by atoms with van der Waals surface area (Å²) in [5.74, 6) is 0. The van der Waals surface area contributed by atoms with Gasteiger partial charge in [-0.1, -0.05) is 11.6 Å². The largest absolute Gasteiger partial charge is 0.398 e. The SMILES string of the molecule is CC1CN2CCCC2CN1Cc1cc(Cl)ccc1N. The first kappa shape index (κ1) is 13.2. The second-order valence-corrected chi connectivity index (χ2v) is 6.35. The summed E-state index contributed by atoms with van der Waals surface area (Å²) in [7, 11) is 0. The van der Waals surface area contributed by atoms with Crippen LogP contribution in [0.4, 0.5) is 5.69 Å². The van der Waals surface area contributed by atoms with Crippen LogP contribution in [0.25, 0.3) is 0 Å². The Morgan fingerprint density at radius 2 is 2.21 bits per heavy atom. The van der Waals surface area contributed by atoms with Crippen molar-refractivity contribution in [2.45, 2.75) is 38.4 Å². The number of hydrogen-bond acceptors (Lipinski definition) is 3. The van der Waals surface area contributed by atoms with E-state index in [1.807, 2.05) is 18.2 Å². The highest BCUT2D eigenvalue weighted by molar-refractivity contribution is 6.30. The number of anilines is 1. The number of benzene rings is 1. The molecule has 2 aliphatic heterocycles. The highest BCUT2D eigenvalue weighted by Crippen LogP contribution is 2.27. The van der Waals surface area contributed by atoms with Crippen LogP contribution in [0.15, 0.2) is 18.2 Å². The number of piperazine rings is 1. The van der Waals surface area contributed by atoms with Crippen LogP contribution in [-0.2, 0) is 6.54 Å². The Morgan fingerprint density at radius 3 is 3.05 bits per heavy atom. The summed E-state index contributed by atoms with van der Waals surface area (Å²) in [6.45, 7) is 6.85. The first-order valence-electron chi connectivity index (χ1n) is 7.15. The van der Waals surface area contributed by atoms with E-state index in [2.05, 4.69) is 16.7 Å². The topological polar surface area (TPSA) is 32.5 Å². The van der Waals surface area contributed by atoms with Crippen LogP contribution in [-0.4, -0.2) is 41.5 Å². The molecule has 4 heteroatoms. The van der Waals surface area contributed by atoms with Gasteiger partial charge >= 0.3 is 0 Å². The van der Waals surface area contributed by atoms with Gasteiger partial charge in [0.25, 0.3) is 0 Å². The fraction of sp³-hybridized carbons (Fsp3) is 0.600. The molecule has 0 aliphatic carbocycles. The van der Waals surface area contributed by atoms with Crippen LogP contribution in [0, 0.1) is 0 Å². The molecule has 0 aromatic heterocycles. The van der Waals surface area contributed by atoms with E-state index in [4.69, 9.17) is 17.3 Å². The predicted octanol–water partition coefficient (Wildman–Crippen LogP) is 2.59. The summed E-state index contributed by atoms with van der Waals surface area (Å²) in [4.78, 5) is 5.19. The quantitative estimate of drug-likeness (QED) is 0.845. The number of fused-ring (bicyclic) bond motifs is 1. The molecule has 2 aliphatic rings. The number of nitrogens with zero attached hydrogens (tertiary/aromatic N) is 2. The molecule has 0 bridgehead atoms. The minimum absolute atomic E-state index is 0.590. The zero-order valence-electron chi connectivity index (χ0n) is 11.5. The van der Waals surface area contributed by atoms with E-state index in [1.54, 1.807) is 0 Å². The fourth-order valence-electron chi connectivity index (χ4n) is 3.40. The molecule has 2 heterocycles. The first-order chi connectivity index (χ1) is 9.13. The molecule has 0 radical (unpaired) electrons. The maximum atomic E-state index is 6.08. The summed E-state index contributed by atoms with van der Waals surface area (Å²) < 4.78 is 0. The van der Waals surface area contributed by atoms with Crippen molar-refractivity contribution < 1.29 is 0 Å². The van der Waals surface area contributed by atoms with E-state index in [-0.39, 0.29) is 0 Å². The van der Waals surface area contributed by atoms with E-state index in [0.29, 0.717) is 6.04 Å². The summed E-state index contributed by atoms with van der Waals surface area (Å²) in [6, 6.07) is 7.11. The molecule has 0 saturated carbocycles. The lowest BCUT2D eigenvalue weighted by atomic mass is 10.1. The number of hydrogen-bond donors (Lipinski definition) is 1.